The predicted octanol–water partition coefficient (Wildman–Crippen LogP) is 4.40. The molecule has 0 spiro atoms. The third kappa shape index (κ3) is 4.40. The van der Waals surface area contributed by atoms with Crippen LogP contribution in [0.1, 0.15) is 12.1 Å². The zero-order valence-electron chi connectivity index (χ0n) is 14.7. The zero-order chi connectivity index (χ0) is 18.4. The SMILES string of the molecule is COc1ccc(-c2nc(CCC(=O)Nc3ccccc3OC)cs2)cc1. The van der Waals surface area contributed by atoms with Crippen LogP contribution in [-0.2, 0) is 11.2 Å². The molecule has 0 aliphatic carbocycles. The number of anilines is 1. The van der Waals surface area contributed by atoms with Crippen molar-refractivity contribution in [3.8, 4) is 22.1 Å². The maximum atomic E-state index is 12.2. The number of para-hydroxylation sites is 2. The Balaban J connectivity index is 1.58. The van der Waals surface area contributed by atoms with E-state index >= 15 is 0 Å². The number of hydrogen-bond donors (Lipinski definition) is 1. The van der Waals surface area contributed by atoms with E-state index in [4.69, 9.17) is 9.47 Å². The molecule has 134 valence electrons. The van der Waals surface area contributed by atoms with Crippen LogP contribution in [0.4, 0.5) is 5.69 Å². The molecule has 1 N–H and O–H groups in total. The van der Waals surface area contributed by atoms with Gasteiger partial charge in [0.05, 0.1) is 25.6 Å². The highest BCUT2D eigenvalue weighted by atomic mass is 32.1. The molecule has 1 heterocycles. The van der Waals surface area contributed by atoms with Gasteiger partial charge in [0.25, 0.3) is 0 Å². The highest BCUT2D eigenvalue weighted by molar-refractivity contribution is 7.13. The molecule has 0 bridgehead atoms. The number of aryl methyl sites for hydroxylation is 1. The van der Waals surface area contributed by atoms with E-state index in [2.05, 4.69) is 10.3 Å². The van der Waals surface area contributed by atoms with Crippen LogP contribution in [0.5, 0.6) is 11.5 Å². The molecule has 1 amide bonds. The van der Waals surface area contributed by atoms with Gasteiger partial charge < -0.3 is 14.8 Å². The van der Waals surface area contributed by atoms with E-state index in [9.17, 15) is 4.79 Å². The lowest BCUT2D eigenvalue weighted by Crippen LogP contribution is -2.13. The van der Waals surface area contributed by atoms with Crippen molar-refractivity contribution in [3.05, 3.63) is 59.6 Å². The van der Waals surface area contributed by atoms with Crippen LogP contribution in [0.15, 0.2) is 53.9 Å². The van der Waals surface area contributed by atoms with Crippen molar-refractivity contribution in [2.45, 2.75) is 12.8 Å². The number of nitrogens with one attached hydrogen (secondary N) is 1. The first kappa shape index (κ1) is 17.9. The fourth-order valence-corrected chi connectivity index (χ4v) is 3.35. The van der Waals surface area contributed by atoms with Gasteiger partial charge in [0.1, 0.15) is 16.5 Å². The van der Waals surface area contributed by atoms with Crippen molar-refractivity contribution in [1.29, 1.82) is 0 Å². The van der Waals surface area contributed by atoms with Gasteiger partial charge in [-0.2, -0.15) is 0 Å². The van der Waals surface area contributed by atoms with Crippen molar-refractivity contribution in [2.75, 3.05) is 19.5 Å². The van der Waals surface area contributed by atoms with E-state index < -0.39 is 0 Å². The summed E-state index contributed by atoms with van der Waals surface area (Å²) >= 11 is 1.57. The molecule has 5 nitrogen and oxygen atoms in total. The summed E-state index contributed by atoms with van der Waals surface area (Å²) in [6.45, 7) is 0. The molecule has 0 atom stereocenters. The summed E-state index contributed by atoms with van der Waals surface area (Å²) in [4.78, 5) is 16.8. The topological polar surface area (TPSA) is 60.5 Å². The van der Waals surface area contributed by atoms with Gasteiger partial charge in [-0.1, -0.05) is 12.1 Å². The summed E-state index contributed by atoms with van der Waals surface area (Å²) in [5, 5.41) is 5.81. The highest BCUT2D eigenvalue weighted by Crippen LogP contribution is 2.26. The minimum Gasteiger partial charge on any atom is -0.497 e. The molecule has 0 radical (unpaired) electrons. The summed E-state index contributed by atoms with van der Waals surface area (Å²) in [7, 11) is 3.23. The summed E-state index contributed by atoms with van der Waals surface area (Å²) in [6, 6.07) is 15.2. The number of rotatable bonds is 7. The summed E-state index contributed by atoms with van der Waals surface area (Å²) in [5.74, 6) is 1.41. The second-order valence-electron chi connectivity index (χ2n) is 5.62. The number of ether oxygens (including phenoxy) is 2. The average Bonchev–Trinajstić information content (AvgIpc) is 3.16. The van der Waals surface area contributed by atoms with Crippen LogP contribution in [-0.4, -0.2) is 25.1 Å². The molecular formula is C20H20N2O3S. The number of nitrogens with zero attached hydrogens (tertiary/aromatic N) is 1. The van der Waals surface area contributed by atoms with Gasteiger partial charge in [-0.05, 0) is 42.8 Å². The molecule has 0 saturated carbocycles. The Morgan fingerprint density at radius 3 is 2.58 bits per heavy atom. The minimum absolute atomic E-state index is 0.0616. The maximum Gasteiger partial charge on any atom is 0.224 e. The highest BCUT2D eigenvalue weighted by Gasteiger charge is 2.10. The standard InChI is InChI=1S/C20H20N2O3S/c1-24-16-10-7-14(8-11-16)20-21-15(13-26-20)9-12-19(23)22-17-5-3-4-6-18(17)25-2/h3-8,10-11,13H,9,12H2,1-2H3,(H,22,23). The van der Waals surface area contributed by atoms with Crippen molar-refractivity contribution >= 4 is 22.9 Å². The molecule has 0 saturated heterocycles. The van der Waals surface area contributed by atoms with E-state index in [1.54, 1.807) is 25.6 Å². The smallest absolute Gasteiger partial charge is 0.224 e. The first-order chi connectivity index (χ1) is 12.7. The molecule has 0 aliphatic rings. The van der Waals surface area contributed by atoms with Gasteiger partial charge in [0, 0.05) is 17.4 Å². The molecule has 6 heteroatoms. The lowest BCUT2D eigenvalue weighted by molar-refractivity contribution is -0.116. The molecular weight excluding hydrogens is 348 g/mol. The van der Waals surface area contributed by atoms with Crippen LogP contribution >= 0.6 is 11.3 Å². The molecule has 26 heavy (non-hydrogen) atoms. The Kier molecular flexibility index (Phi) is 5.86. The van der Waals surface area contributed by atoms with Crippen LogP contribution < -0.4 is 14.8 Å². The average molecular weight is 368 g/mol. The third-order valence-corrected chi connectivity index (χ3v) is 4.82. The lowest BCUT2D eigenvalue weighted by Gasteiger charge is -2.09. The minimum atomic E-state index is -0.0616. The Labute approximate surface area is 156 Å². The first-order valence-electron chi connectivity index (χ1n) is 8.21. The van der Waals surface area contributed by atoms with E-state index in [0.29, 0.717) is 24.3 Å². The summed E-state index contributed by atoms with van der Waals surface area (Å²) in [6.07, 6.45) is 0.956. The van der Waals surface area contributed by atoms with Gasteiger partial charge in [-0.25, -0.2) is 4.98 Å². The molecule has 3 aromatic rings. The Bertz CT molecular complexity index is 875. The van der Waals surface area contributed by atoms with E-state index in [-0.39, 0.29) is 5.91 Å². The molecule has 3 rings (SSSR count). The quantitative estimate of drug-likeness (QED) is 0.671. The number of amides is 1. The number of aromatic nitrogens is 1. The molecule has 0 unspecified atom stereocenters. The summed E-state index contributed by atoms with van der Waals surface area (Å²) in [5.41, 5.74) is 2.63. The molecule has 1 aromatic heterocycles. The van der Waals surface area contributed by atoms with Gasteiger partial charge in [-0.15, -0.1) is 11.3 Å². The Morgan fingerprint density at radius 1 is 1.08 bits per heavy atom. The van der Waals surface area contributed by atoms with E-state index in [1.807, 2.05) is 53.9 Å². The summed E-state index contributed by atoms with van der Waals surface area (Å²) < 4.78 is 10.4. The molecule has 2 aromatic carbocycles. The van der Waals surface area contributed by atoms with Gasteiger partial charge in [-0.3, -0.25) is 4.79 Å². The second-order valence-corrected chi connectivity index (χ2v) is 6.48. The monoisotopic (exact) mass is 368 g/mol. The fraction of sp³-hybridized carbons (Fsp3) is 0.200. The van der Waals surface area contributed by atoms with Crippen LogP contribution in [0.25, 0.3) is 10.6 Å². The van der Waals surface area contributed by atoms with Gasteiger partial charge in [0.2, 0.25) is 5.91 Å². The van der Waals surface area contributed by atoms with Gasteiger partial charge in [0.15, 0.2) is 0 Å². The van der Waals surface area contributed by atoms with Crippen LogP contribution in [0.3, 0.4) is 0 Å². The Hall–Kier alpha value is -2.86. The number of carbonyl (C=O) groups excluding carboxylic acids is 1. The number of carbonyl (C=O) groups is 1. The second kappa shape index (κ2) is 8.49. The maximum absolute atomic E-state index is 12.2. The van der Waals surface area contributed by atoms with E-state index in [0.717, 1.165) is 22.0 Å². The number of hydrogen-bond acceptors (Lipinski definition) is 5. The van der Waals surface area contributed by atoms with Crippen molar-refractivity contribution in [2.24, 2.45) is 0 Å². The lowest BCUT2D eigenvalue weighted by atomic mass is 10.2. The van der Waals surface area contributed by atoms with E-state index in [1.165, 1.54) is 0 Å². The fourth-order valence-electron chi connectivity index (χ4n) is 2.49. The Morgan fingerprint density at radius 2 is 1.85 bits per heavy atom. The first-order valence-corrected chi connectivity index (χ1v) is 9.09. The normalized spacial score (nSPS) is 10.4. The van der Waals surface area contributed by atoms with Crippen LogP contribution in [0.2, 0.25) is 0 Å². The third-order valence-electron chi connectivity index (χ3n) is 3.88. The largest absolute Gasteiger partial charge is 0.497 e. The molecule has 0 aliphatic heterocycles. The van der Waals surface area contributed by atoms with Crippen molar-refractivity contribution in [1.82, 2.24) is 4.98 Å². The van der Waals surface area contributed by atoms with Gasteiger partial charge >= 0.3 is 0 Å². The van der Waals surface area contributed by atoms with Crippen molar-refractivity contribution < 1.29 is 14.3 Å². The number of methoxy groups -OCH3 is 2. The van der Waals surface area contributed by atoms with Crippen molar-refractivity contribution in [3.63, 3.8) is 0 Å². The molecule has 0 fully saturated rings. The predicted molar refractivity (Wildman–Crippen MR) is 104 cm³/mol. The number of thiazole rings is 1. The number of benzene rings is 2. The zero-order valence-corrected chi connectivity index (χ0v) is 15.5. The van der Waals surface area contributed by atoms with Crippen LogP contribution in [0, 0.1) is 0 Å².